The zero-order chi connectivity index (χ0) is 40.1. The molecule has 2 aromatic heterocycles. The molecule has 57 heavy (non-hydrogen) atoms. The SMILES string of the molecule is COC(=O)NCC(=O)N(Cc1nc2ccc(-c3ccc4c(c3)C(F)(F)c3cc(-c5cnc(C6CCCN6C(=O)CNC(=O)OC)[nH]5)ccc3-4)cc2[nH]1)CC1(C)CC1. The summed E-state index contributed by atoms with van der Waals surface area (Å²) in [5.41, 5.74) is 4.51. The lowest BCUT2D eigenvalue weighted by Crippen LogP contribution is -2.42. The number of H-pyrrole nitrogens is 2. The second kappa shape index (κ2) is 14.6. The number of likely N-dealkylation sites (tertiary alicyclic amines) is 1. The maximum Gasteiger partial charge on any atom is 0.407 e. The summed E-state index contributed by atoms with van der Waals surface area (Å²) in [6.07, 6.45) is 3.64. The van der Waals surface area contributed by atoms with E-state index in [1.807, 2.05) is 24.3 Å². The van der Waals surface area contributed by atoms with Crippen LogP contribution in [-0.4, -0.2) is 94.1 Å². The Labute approximate surface area is 326 Å². The van der Waals surface area contributed by atoms with Crippen LogP contribution in [0.15, 0.2) is 60.8 Å². The number of halogens is 2. The van der Waals surface area contributed by atoms with E-state index < -0.39 is 18.1 Å². The van der Waals surface area contributed by atoms with Gasteiger partial charge >= 0.3 is 12.2 Å². The molecule has 0 spiro atoms. The number of carbonyl (C=O) groups is 4. The van der Waals surface area contributed by atoms with E-state index in [0.29, 0.717) is 70.1 Å². The number of methoxy groups -OCH3 is 2. The number of alkyl halides is 2. The van der Waals surface area contributed by atoms with Crippen LogP contribution in [0.1, 0.15) is 61.4 Å². The lowest BCUT2D eigenvalue weighted by atomic mass is 9.98. The van der Waals surface area contributed by atoms with Crippen molar-refractivity contribution in [2.75, 3.05) is 40.4 Å². The summed E-state index contributed by atoms with van der Waals surface area (Å²) in [6, 6.07) is 15.3. The number of rotatable bonds is 11. The summed E-state index contributed by atoms with van der Waals surface area (Å²) >= 11 is 0. The molecule has 14 nitrogen and oxygen atoms in total. The topological polar surface area (TPSA) is 175 Å². The fraction of sp³-hybridized carbons (Fsp3) is 0.366. The molecule has 8 rings (SSSR count). The van der Waals surface area contributed by atoms with Crippen molar-refractivity contribution in [3.05, 3.63) is 83.6 Å². The van der Waals surface area contributed by atoms with E-state index in [-0.39, 0.29) is 54.0 Å². The first kappa shape index (κ1) is 37.6. The van der Waals surface area contributed by atoms with Crippen LogP contribution in [-0.2, 0) is 31.5 Å². The molecule has 1 saturated carbocycles. The molecule has 4 N–H and O–H groups in total. The fourth-order valence-electron chi connectivity index (χ4n) is 7.79. The Morgan fingerprint density at radius 3 is 2.25 bits per heavy atom. The summed E-state index contributed by atoms with van der Waals surface area (Å²) < 4.78 is 41.9. The molecular weight excluding hydrogens is 738 g/mol. The molecule has 2 aliphatic carbocycles. The van der Waals surface area contributed by atoms with Gasteiger partial charge in [-0.05, 0) is 77.6 Å². The van der Waals surface area contributed by atoms with Crippen molar-refractivity contribution < 1.29 is 37.4 Å². The van der Waals surface area contributed by atoms with Crippen LogP contribution in [0.25, 0.3) is 44.5 Å². The molecule has 2 fully saturated rings. The molecule has 5 aromatic rings. The van der Waals surface area contributed by atoms with Gasteiger partial charge in [0.15, 0.2) is 0 Å². The number of nitrogens with one attached hydrogen (secondary N) is 4. The molecule has 1 saturated heterocycles. The molecule has 0 bridgehead atoms. The number of aromatic amines is 2. The first-order chi connectivity index (χ1) is 27.4. The van der Waals surface area contributed by atoms with Gasteiger partial charge in [0.2, 0.25) is 11.8 Å². The summed E-state index contributed by atoms with van der Waals surface area (Å²) in [5, 5.41) is 4.87. The van der Waals surface area contributed by atoms with Crippen molar-refractivity contribution in [2.24, 2.45) is 5.41 Å². The molecule has 1 unspecified atom stereocenters. The number of ether oxygens (including phenoxy) is 2. The van der Waals surface area contributed by atoms with Crippen molar-refractivity contribution in [3.63, 3.8) is 0 Å². The minimum atomic E-state index is -3.27. The van der Waals surface area contributed by atoms with Crippen LogP contribution >= 0.6 is 0 Å². The maximum atomic E-state index is 16.4. The van der Waals surface area contributed by atoms with Gasteiger partial charge in [-0.15, -0.1) is 0 Å². The van der Waals surface area contributed by atoms with Crippen molar-refractivity contribution in [1.82, 2.24) is 40.4 Å². The Kier molecular flexibility index (Phi) is 9.66. The summed E-state index contributed by atoms with van der Waals surface area (Å²) in [4.78, 5) is 68.1. The molecule has 3 aromatic carbocycles. The highest BCUT2D eigenvalue weighted by Gasteiger charge is 2.45. The van der Waals surface area contributed by atoms with Crippen LogP contribution in [0, 0.1) is 5.41 Å². The highest BCUT2D eigenvalue weighted by Crippen LogP contribution is 2.53. The average molecular weight is 781 g/mol. The lowest BCUT2D eigenvalue weighted by Gasteiger charge is -2.25. The summed E-state index contributed by atoms with van der Waals surface area (Å²) in [7, 11) is 2.46. The monoisotopic (exact) mass is 780 g/mol. The average Bonchev–Trinajstić information content (AvgIpc) is 3.67. The normalized spacial score (nSPS) is 17.1. The minimum absolute atomic E-state index is 0.0212. The highest BCUT2D eigenvalue weighted by atomic mass is 19.3. The molecule has 4 amide bonds. The smallest absolute Gasteiger partial charge is 0.407 e. The third-order valence-electron chi connectivity index (χ3n) is 11.2. The number of fused-ring (bicyclic) bond motifs is 4. The second-order valence-electron chi connectivity index (χ2n) is 15.2. The quantitative estimate of drug-likeness (QED) is 0.122. The van der Waals surface area contributed by atoms with Crippen molar-refractivity contribution >= 4 is 35.0 Å². The first-order valence-electron chi connectivity index (χ1n) is 18.8. The zero-order valence-electron chi connectivity index (χ0n) is 31.7. The third kappa shape index (κ3) is 7.38. The Morgan fingerprint density at radius 2 is 1.54 bits per heavy atom. The number of hydrogen-bond donors (Lipinski definition) is 4. The third-order valence-corrected chi connectivity index (χ3v) is 11.2. The van der Waals surface area contributed by atoms with Crippen molar-refractivity contribution in [3.8, 4) is 33.5 Å². The minimum Gasteiger partial charge on any atom is -0.453 e. The number of alkyl carbamates (subject to hydrolysis) is 2. The fourth-order valence-corrected chi connectivity index (χ4v) is 7.79. The van der Waals surface area contributed by atoms with Gasteiger partial charge in [-0.25, -0.2) is 19.6 Å². The van der Waals surface area contributed by atoms with Crippen LogP contribution in [0.4, 0.5) is 18.4 Å². The molecule has 296 valence electrons. The maximum absolute atomic E-state index is 16.4. The van der Waals surface area contributed by atoms with Gasteiger partial charge in [0, 0.05) is 29.8 Å². The highest BCUT2D eigenvalue weighted by molar-refractivity contribution is 5.87. The molecule has 1 aliphatic heterocycles. The van der Waals surface area contributed by atoms with Gasteiger partial charge in [0.25, 0.3) is 5.92 Å². The number of benzene rings is 3. The van der Waals surface area contributed by atoms with Gasteiger partial charge < -0.3 is 39.9 Å². The van der Waals surface area contributed by atoms with Crippen LogP contribution in [0.5, 0.6) is 0 Å². The van der Waals surface area contributed by atoms with Gasteiger partial charge in [0.1, 0.15) is 24.7 Å². The molecule has 3 aliphatic rings. The predicted molar refractivity (Wildman–Crippen MR) is 205 cm³/mol. The summed E-state index contributed by atoms with van der Waals surface area (Å²) in [5.74, 6) is -2.70. The number of imidazole rings is 2. The number of aromatic nitrogens is 4. The van der Waals surface area contributed by atoms with Gasteiger partial charge in [-0.2, -0.15) is 8.78 Å². The molecule has 0 radical (unpaired) electrons. The van der Waals surface area contributed by atoms with Crippen LogP contribution < -0.4 is 10.6 Å². The summed E-state index contributed by atoms with van der Waals surface area (Å²) in [6.45, 7) is 2.94. The molecule has 3 heterocycles. The second-order valence-corrected chi connectivity index (χ2v) is 15.2. The van der Waals surface area contributed by atoms with E-state index in [9.17, 15) is 19.2 Å². The predicted octanol–water partition coefficient (Wildman–Crippen LogP) is 6.24. The number of nitrogens with zero attached hydrogens (tertiary/aromatic N) is 4. The Bertz CT molecular complexity index is 2410. The number of amides is 4. The van der Waals surface area contributed by atoms with Gasteiger partial charge in [-0.3, -0.25) is 9.59 Å². The van der Waals surface area contributed by atoms with E-state index in [1.54, 1.807) is 34.2 Å². The zero-order valence-corrected chi connectivity index (χ0v) is 31.7. The standard InChI is InChI=1S/C41H42F2N8O6/c1-40(12-13-40)22-50(35(52)19-45-38(54)56-2)21-34-47-30-11-8-24(17-31(30)48-34)23-6-9-26-27-10-7-25(16-29(27)41(42,43)28(26)15-23)32-18-44-37(49-32)33-5-4-14-51(33)36(53)20-46-39(55)57-3/h6-11,15-18,33H,4-5,12-14,19-22H2,1-3H3,(H,44,49)(H,45,54)(H,46,55)(H,47,48). The molecule has 16 heteroatoms. The molecular formula is C41H42F2N8O6. The number of carbonyl (C=O) groups excluding carboxylic acids is 4. The van der Waals surface area contributed by atoms with Crippen molar-refractivity contribution in [2.45, 2.75) is 51.1 Å². The van der Waals surface area contributed by atoms with Crippen LogP contribution in [0.2, 0.25) is 0 Å². The first-order valence-corrected chi connectivity index (χ1v) is 18.8. The number of hydrogen-bond acceptors (Lipinski definition) is 8. The van der Waals surface area contributed by atoms with Gasteiger partial charge in [0.05, 0.1) is 49.7 Å². The van der Waals surface area contributed by atoms with Crippen LogP contribution in [0.3, 0.4) is 0 Å². The largest absolute Gasteiger partial charge is 0.453 e. The van der Waals surface area contributed by atoms with E-state index in [1.165, 1.54) is 26.4 Å². The lowest BCUT2D eigenvalue weighted by molar-refractivity contribution is -0.132. The molecule has 1 atom stereocenters. The van der Waals surface area contributed by atoms with E-state index in [0.717, 1.165) is 24.8 Å². The Balaban J connectivity index is 0.997. The van der Waals surface area contributed by atoms with E-state index in [4.69, 9.17) is 4.98 Å². The Morgan fingerprint density at radius 1 is 0.895 bits per heavy atom. The Hall–Kier alpha value is -6.32. The van der Waals surface area contributed by atoms with Crippen molar-refractivity contribution in [1.29, 1.82) is 0 Å². The van der Waals surface area contributed by atoms with E-state index in [2.05, 4.69) is 42.0 Å². The van der Waals surface area contributed by atoms with E-state index >= 15 is 8.78 Å². The van der Waals surface area contributed by atoms with Gasteiger partial charge in [-0.1, -0.05) is 37.3 Å².